The average Bonchev–Trinajstić information content (AvgIpc) is 2.57. The second kappa shape index (κ2) is 6.53. The fraction of sp³-hybridized carbons (Fsp3) is 0.333. The molecule has 1 heterocycles. The summed E-state index contributed by atoms with van der Waals surface area (Å²) in [5, 5.41) is 4.09. The minimum Gasteiger partial charge on any atom is -0.399 e. The smallest absolute Gasteiger partial charge is 0.106 e. The highest BCUT2D eigenvalue weighted by Crippen LogP contribution is 2.33. The van der Waals surface area contributed by atoms with E-state index in [1.165, 1.54) is 22.4 Å². The van der Waals surface area contributed by atoms with Gasteiger partial charge >= 0.3 is 0 Å². The first-order chi connectivity index (χ1) is 10.4. The number of oxime groups is 1. The van der Waals surface area contributed by atoms with E-state index in [-0.39, 0.29) is 0 Å². The van der Waals surface area contributed by atoms with Crippen LogP contribution >= 0.6 is 0 Å². The van der Waals surface area contributed by atoms with E-state index in [0.29, 0.717) is 5.92 Å². The highest BCUT2D eigenvalue weighted by Gasteiger charge is 2.19. The summed E-state index contributed by atoms with van der Waals surface area (Å²) in [6, 6.07) is 13.0. The zero-order chi connectivity index (χ0) is 14.5. The molecule has 3 nitrogen and oxygen atoms in total. The van der Waals surface area contributed by atoms with Gasteiger partial charge in [0.1, 0.15) is 7.11 Å². The first kappa shape index (κ1) is 13.8. The van der Waals surface area contributed by atoms with Gasteiger partial charge in [0.25, 0.3) is 0 Å². The molecule has 3 rings (SSSR count). The SMILES string of the molecule is CON=C1CCC(c2cccc(-c3ccncc3)c2)CC1. The normalized spacial score (nSPS) is 18.3. The van der Waals surface area contributed by atoms with Crippen LogP contribution in [-0.4, -0.2) is 17.8 Å². The summed E-state index contributed by atoms with van der Waals surface area (Å²) in [6.45, 7) is 0. The summed E-state index contributed by atoms with van der Waals surface area (Å²) in [5.41, 5.74) is 5.12. The maximum atomic E-state index is 4.88. The monoisotopic (exact) mass is 280 g/mol. The Labute approximate surface area is 125 Å². The van der Waals surface area contributed by atoms with Gasteiger partial charge in [-0.05, 0) is 60.4 Å². The average molecular weight is 280 g/mol. The molecule has 0 atom stereocenters. The second-order valence-electron chi connectivity index (χ2n) is 5.48. The van der Waals surface area contributed by atoms with Crippen molar-refractivity contribution >= 4 is 5.71 Å². The zero-order valence-corrected chi connectivity index (χ0v) is 12.3. The molecular formula is C18H20N2O. The number of nitrogens with zero attached hydrogens (tertiary/aromatic N) is 2. The quantitative estimate of drug-likeness (QED) is 0.780. The molecule has 1 aromatic carbocycles. The third-order valence-electron chi connectivity index (χ3n) is 4.15. The van der Waals surface area contributed by atoms with Gasteiger partial charge in [-0.15, -0.1) is 0 Å². The van der Waals surface area contributed by atoms with Crippen LogP contribution in [-0.2, 0) is 4.84 Å². The van der Waals surface area contributed by atoms with Crippen molar-refractivity contribution < 1.29 is 4.84 Å². The van der Waals surface area contributed by atoms with Gasteiger partial charge in [-0.2, -0.15) is 0 Å². The molecule has 21 heavy (non-hydrogen) atoms. The van der Waals surface area contributed by atoms with Crippen LogP contribution in [0.1, 0.15) is 37.2 Å². The lowest BCUT2D eigenvalue weighted by Gasteiger charge is -2.23. The van der Waals surface area contributed by atoms with Crippen LogP contribution in [0.4, 0.5) is 0 Å². The minimum atomic E-state index is 0.627. The molecule has 0 bridgehead atoms. The maximum Gasteiger partial charge on any atom is 0.106 e. The highest BCUT2D eigenvalue weighted by atomic mass is 16.6. The van der Waals surface area contributed by atoms with Gasteiger partial charge in [0.05, 0.1) is 5.71 Å². The molecule has 0 radical (unpaired) electrons. The second-order valence-corrected chi connectivity index (χ2v) is 5.48. The maximum absolute atomic E-state index is 4.88. The summed E-state index contributed by atoms with van der Waals surface area (Å²) in [5.74, 6) is 0.627. The number of hydrogen-bond donors (Lipinski definition) is 0. The van der Waals surface area contributed by atoms with Gasteiger partial charge in [0.15, 0.2) is 0 Å². The Balaban J connectivity index is 1.77. The molecule has 3 heteroatoms. The van der Waals surface area contributed by atoms with E-state index < -0.39 is 0 Å². The molecule has 1 fully saturated rings. The van der Waals surface area contributed by atoms with Crippen molar-refractivity contribution in [2.75, 3.05) is 7.11 Å². The van der Waals surface area contributed by atoms with Crippen LogP contribution in [0.15, 0.2) is 53.9 Å². The van der Waals surface area contributed by atoms with Crippen LogP contribution < -0.4 is 0 Å². The van der Waals surface area contributed by atoms with E-state index in [0.717, 1.165) is 25.7 Å². The number of pyridine rings is 1. The molecule has 0 N–H and O–H groups in total. The fourth-order valence-corrected chi connectivity index (χ4v) is 3.02. The molecule has 0 aliphatic heterocycles. The first-order valence-electron chi connectivity index (χ1n) is 7.46. The third-order valence-corrected chi connectivity index (χ3v) is 4.15. The van der Waals surface area contributed by atoms with Crippen molar-refractivity contribution in [2.45, 2.75) is 31.6 Å². The van der Waals surface area contributed by atoms with Crippen LogP contribution in [0.3, 0.4) is 0 Å². The van der Waals surface area contributed by atoms with Crippen molar-refractivity contribution in [2.24, 2.45) is 5.16 Å². The molecule has 0 amide bonds. The Morgan fingerprint density at radius 3 is 2.52 bits per heavy atom. The predicted molar refractivity (Wildman–Crippen MR) is 85.3 cm³/mol. The van der Waals surface area contributed by atoms with E-state index >= 15 is 0 Å². The van der Waals surface area contributed by atoms with Gasteiger partial charge in [0.2, 0.25) is 0 Å². The Hall–Kier alpha value is -2.16. The lowest BCUT2D eigenvalue weighted by atomic mass is 9.82. The van der Waals surface area contributed by atoms with E-state index in [1.807, 2.05) is 12.4 Å². The van der Waals surface area contributed by atoms with E-state index in [4.69, 9.17) is 4.84 Å². The standard InChI is InChI=1S/C18H20N2O/c1-21-20-18-7-5-14(6-8-18)16-3-2-4-17(13-16)15-9-11-19-12-10-15/h2-4,9-14H,5-8H2,1H3. The topological polar surface area (TPSA) is 34.5 Å². The van der Waals surface area contributed by atoms with Crippen molar-refractivity contribution in [3.63, 3.8) is 0 Å². The lowest BCUT2D eigenvalue weighted by molar-refractivity contribution is 0.210. The summed E-state index contributed by atoms with van der Waals surface area (Å²) in [4.78, 5) is 8.97. The molecular weight excluding hydrogens is 260 g/mol. The number of benzene rings is 1. The molecule has 0 saturated heterocycles. The van der Waals surface area contributed by atoms with Crippen molar-refractivity contribution in [1.82, 2.24) is 4.98 Å². The van der Waals surface area contributed by atoms with E-state index in [2.05, 4.69) is 46.5 Å². The van der Waals surface area contributed by atoms with E-state index in [9.17, 15) is 0 Å². The Morgan fingerprint density at radius 2 is 1.81 bits per heavy atom. The summed E-state index contributed by atoms with van der Waals surface area (Å²) >= 11 is 0. The fourth-order valence-electron chi connectivity index (χ4n) is 3.02. The molecule has 1 aliphatic rings. The van der Waals surface area contributed by atoms with Gasteiger partial charge in [0, 0.05) is 12.4 Å². The van der Waals surface area contributed by atoms with Gasteiger partial charge in [-0.3, -0.25) is 4.98 Å². The molecule has 1 saturated carbocycles. The molecule has 0 spiro atoms. The van der Waals surface area contributed by atoms with Crippen LogP contribution in [0, 0.1) is 0 Å². The molecule has 0 unspecified atom stereocenters. The largest absolute Gasteiger partial charge is 0.399 e. The predicted octanol–water partition coefficient (Wildman–Crippen LogP) is 4.41. The summed E-state index contributed by atoms with van der Waals surface area (Å²) < 4.78 is 0. The number of hydrogen-bond acceptors (Lipinski definition) is 3. The zero-order valence-electron chi connectivity index (χ0n) is 12.3. The number of rotatable bonds is 3. The van der Waals surface area contributed by atoms with Crippen LogP contribution in [0.5, 0.6) is 0 Å². The highest BCUT2D eigenvalue weighted by molar-refractivity contribution is 5.84. The van der Waals surface area contributed by atoms with Crippen LogP contribution in [0.25, 0.3) is 11.1 Å². The third kappa shape index (κ3) is 3.30. The van der Waals surface area contributed by atoms with Crippen LogP contribution in [0.2, 0.25) is 0 Å². The Morgan fingerprint density at radius 1 is 1.05 bits per heavy atom. The van der Waals surface area contributed by atoms with Crippen molar-refractivity contribution in [1.29, 1.82) is 0 Å². The van der Waals surface area contributed by atoms with Crippen molar-refractivity contribution in [3.05, 3.63) is 54.4 Å². The summed E-state index contributed by atoms with van der Waals surface area (Å²) in [6.07, 6.45) is 8.08. The summed E-state index contributed by atoms with van der Waals surface area (Å²) in [7, 11) is 1.62. The molecule has 108 valence electrons. The Bertz CT molecular complexity index is 612. The first-order valence-corrected chi connectivity index (χ1v) is 7.46. The molecule has 1 aromatic heterocycles. The molecule has 2 aromatic rings. The van der Waals surface area contributed by atoms with Crippen molar-refractivity contribution in [3.8, 4) is 11.1 Å². The lowest BCUT2D eigenvalue weighted by Crippen LogP contribution is -2.13. The number of aromatic nitrogens is 1. The van der Waals surface area contributed by atoms with E-state index in [1.54, 1.807) is 7.11 Å². The van der Waals surface area contributed by atoms with Gasteiger partial charge in [-0.25, -0.2) is 0 Å². The Kier molecular flexibility index (Phi) is 4.29. The van der Waals surface area contributed by atoms with Gasteiger partial charge in [-0.1, -0.05) is 29.4 Å². The molecule has 1 aliphatic carbocycles. The minimum absolute atomic E-state index is 0.627. The van der Waals surface area contributed by atoms with Gasteiger partial charge < -0.3 is 4.84 Å².